The fraction of sp³-hybridized carbons (Fsp3) is 0.100. The van der Waals surface area contributed by atoms with Gasteiger partial charge < -0.3 is 10.2 Å². The second-order valence-corrected chi connectivity index (χ2v) is 2.58. The van der Waals surface area contributed by atoms with Gasteiger partial charge in [0, 0.05) is 0 Å². The lowest BCUT2D eigenvalue weighted by molar-refractivity contribution is 0.0693. The molecule has 1 aromatic rings. The van der Waals surface area contributed by atoms with E-state index in [4.69, 9.17) is 10.2 Å². The maximum absolute atomic E-state index is 10.6. The molecule has 0 amide bonds. The summed E-state index contributed by atoms with van der Waals surface area (Å²) in [6.07, 6.45) is 3.57. The molecule has 0 aliphatic carbocycles. The third-order valence-corrected chi connectivity index (χ3v) is 1.61. The minimum atomic E-state index is -1.12. The molecule has 3 heteroatoms. The van der Waals surface area contributed by atoms with E-state index in [0.29, 0.717) is 0 Å². The molecular formula is C10H10O3. The Morgan fingerprint density at radius 1 is 1.46 bits per heavy atom. The number of aromatic carboxylic acids is 1. The fourth-order valence-electron chi connectivity index (χ4n) is 1.02. The highest BCUT2D eigenvalue weighted by Crippen LogP contribution is 2.18. The lowest BCUT2D eigenvalue weighted by Gasteiger charge is -2.00. The van der Waals surface area contributed by atoms with E-state index in [1.54, 1.807) is 18.2 Å². The van der Waals surface area contributed by atoms with Crippen LogP contribution >= 0.6 is 0 Å². The standard InChI is InChI=1S/C10H10O3/c1-2-3-7-4-5-9(11)8(6-7)10(12)13/h2-6,11H,1H3,(H,12,13). The molecule has 0 bridgehead atoms. The molecule has 0 unspecified atom stereocenters. The van der Waals surface area contributed by atoms with Crippen molar-refractivity contribution in [2.45, 2.75) is 6.92 Å². The lowest BCUT2D eigenvalue weighted by Crippen LogP contribution is -1.96. The lowest BCUT2D eigenvalue weighted by atomic mass is 10.1. The van der Waals surface area contributed by atoms with Gasteiger partial charge in [-0.25, -0.2) is 4.79 Å². The Morgan fingerprint density at radius 3 is 2.69 bits per heavy atom. The van der Waals surface area contributed by atoms with Gasteiger partial charge in [-0.05, 0) is 24.6 Å². The molecule has 3 nitrogen and oxygen atoms in total. The average Bonchev–Trinajstić information content (AvgIpc) is 2.08. The van der Waals surface area contributed by atoms with Gasteiger partial charge in [0.15, 0.2) is 0 Å². The summed E-state index contributed by atoms with van der Waals surface area (Å²) >= 11 is 0. The van der Waals surface area contributed by atoms with Crippen LogP contribution in [0.1, 0.15) is 22.8 Å². The molecule has 0 spiro atoms. The third-order valence-electron chi connectivity index (χ3n) is 1.61. The van der Waals surface area contributed by atoms with Crippen molar-refractivity contribution in [3.8, 4) is 5.75 Å². The topological polar surface area (TPSA) is 57.5 Å². The molecule has 0 aliphatic rings. The molecule has 0 aromatic heterocycles. The molecule has 0 atom stereocenters. The van der Waals surface area contributed by atoms with Crippen LogP contribution in [0.4, 0.5) is 0 Å². The van der Waals surface area contributed by atoms with Gasteiger partial charge in [0.05, 0.1) is 0 Å². The van der Waals surface area contributed by atoms with Gasteiger partial charge in [-0.3, -0.25) is 0 Å². The van der Waals surface area contributed by atoms with Gasteiger partial charge in [-0.2, -0.15) is 0 Å². The van der Waals surface area contributed by atoms with Crippen molar-refractivity contribution in [3.05, 3.63) is 35.4 Å². The van der Waals surface area contributed by atoms with Gasteiger partial charge in [0.2, 0.25) is 0 Å². The summed E-state index contributed by atoms with van der Waals surface area (Å²) in [5.41, 5.74) is 0.688. The van der Waals surface area contributed by atoms with E-state index >= 15 is 0 Å². The van der Waals surface area contributed by atoms with Gasteiger partial charge in [0.1, 0.15) is 11.3 Å². The first kappa shape index (κ1) is 9.32. The molecule has 0 saturated carbocycles. The number of hydrogen-bond acceptors (Lipinski definition) is 2. The number of benzene rings is 1. The summed E-state index contributed by atoms with van der Waals surface area (Å²) in [6, 6.07) is 4.46. The van der Waals surface area contributed by atoms with Gasteiger partial charge in [-0.15, -0.1) is 0 Å². The summed E-state index contributed by atoms with van der Waals surface area (Å²) < 4.78 is 0. The van der Waals surface area contributed by atoms with E-state index < -0.39 is 5.97 Å². The summed E-state index contributed by atoms with van der Waals surface area (Å²) in [5, 5.41) is 17.8. The smallest absolute Gasteiger partial charge is 0.339 e. The Kier molecular flexibility index (Phi) is 2.69. The Bertz CT molecular complexity index is 353. The summed E-state index contributed by atoms with van der Waals surface area (Å²) in [6.45, 7) is 1.84. The third kappa shape index (κ3) is 2.08. The van der Waals surface area contributed by atoms with Crippen LogP contribution in [0.3, 0.4) is 0 Å². The van der Waals surface area contributed by atoms with Crippen molar-refractivity contribution < 1.29 is 15.0 Å². The normalized spacial score (nSPS) is 10.5. The van der Waals surface area contributed by atoms with E-state index in [1.165, 1.54) is 12.1 Å². The summed E-state index contributed by atoms with van der Waals surface area (Å²) in [5.74, 6) is -1.33. The van der Waals surface area contributed by atoms with E-state index in [2.05, 4.69) is 0 Å². The highest BCUT2D eigenvalue weighted by atomic mass is 16.4. The first-order chi connectivity index (χ1) is 6.15. The maximum atomic E-state index is 10.6. The van der Waals surface area contributed by atoms with Crippen LogP contribution in [0, 0.1) is 0 Å². The van der Waals surface area contributed by atoms with Crippen LogP contribution in [0.2, 0.25) is 0 Å². The molecule has 68 valence electrons. The fourth-order valence-corrected chi connectivity index (χ4v) is 1.02. The highest BCUT2D eigenvalue weighted by Gasteiger charge is 2.08. The zero-order chi connectivity index (χ0) is 9.84. The van der Waals surface area contributed by atoms with Crippen LogP contribution in [-0.2, 0) is 0 Å². The van der Waals surface area contributed by atoms with Crippen molar-refractivity contribution in [3.63, 3.8) is 0 Å². The average molecular weight is 178 g/mol. The minimum absolute atomic E-state index is 0.0735. The number of rotatable bonds is 2. The molecule has 13 heavy (non-hydrogen) atoms. The second-order valence-electron chi connectivity index (χ2n) is 2.58. The monoisotopic (exact) mass is 178 g/mol. The molecular weight excluding hydrogens is 168 g/mol. The van der Waals surface area contributed by atoms with Crippen LogP contribution in [0.15, 0.2) is 24.3 Å². The maximum Gasteiger partial charge on any atom is 0.339 e. The van der Waals surface area contributed by atoms with Crippen molar-refractivity contribution in [1.29, 1.82) is 0 Å². The SMILES string of the molecule is CC=Cc1ccc(O)c(C(=O)O)c1. The Morgan fingerprint density at radius 2 is 2.15 bits per heavy atom. The number of phenols is 1. The molecule has 1 aromatic carbocycles. The number of carbonyl (C=O) groups is 1. The molecule has 0 heterocycles. The van der Waals surface area contributed by atoms with Gasteiger partial charge >= 0.3 is 5.97 Å². The quantitative estimate of drug-likeness (QED) is 0.729. The highest BCUT2D eigenvalue weighted by molar-refractivity contribution is 5.91. The molecule has 2 N–H and O–H groups in total. The Labute approximate surface area is 76.0 Å². The zero-order valence-corrected chi connectivity index (χ0v) is 7.19. The Balaban J connectivity index is 3.18. The van der Waals surface area contributed by atoms with Crippen LogP contribution < -0.4 is 0 Å². The minimum Gasteiger partial charge on any atom is -0.507 e. The predicted octanol–water partition coefficient (Wildman–Crippen LogP) is 2.12. The molecule has 1 rings (SSSR count). The van der Waals surface area contributed by atoms with Gasteiger partial charge in [0.25, 0.3) is 0 Å². The molecule has 0 fully saturated rings. The van der Waals surface area contributed by atoms with E-state index in [9.17, 15) is 4.79 Å². The van der Waals surface area contributed by atoms with Crippen molar-refractivity contribution in [2.24, 2.45) is 0 Å². The van der Waals surface area contributed by atoms with Gasteiger partial charge in [-0.1, -0.05) is 18.2 Å². The summed E-state index contributed by atoms with van der Waals surface area (Å²) in [7, 11) is 0. The number of allylic oxidation sites excluding steroid dienone is 1. The first-order valence-electron chi connectivity index (χ1n) is 3.84. The van der Waals surface area contributed by atoms with Crippen LogP contribution in [0.25, 0.3) is 6.08 Å². The number of hydrogen-bond donors (Lipinski definition) is 2. The molecule has 0 saturated heterocycles. The number of carboxylic acid groups (broad SMARTS) is 1. The first-order valence-corrected chi connectivity index (χ1v) is 3.84. The van der Waals surface area contributed by atoms with Crippen molar-refractivity contribution >= 4 is 12.0 Å². The summed E-state index contributed by atoms with van der Waals surface area (Å²) in [4.78, 5) is 10.6. The van der Waals surface area contributed by atoms with E-state index in [0.717, 1.165) is 5.56 Å². The predicted molar refractivity (Wildman–Crippen MR) is 49.8 cm³/mol. The van der Waals surface area contributed by atoms with E-state index in [-0.39, 0.29) is 11.3 Å². The van der Waals surface area contributed by atoms with E-state index in [1.807, 2.05) is 6.92 Å². The van der Waals surface area contributed by atoms with Crippen molar-refractivity contribution in [2.75, 3.05) is 0 Å². The largest absolute Gasteiger partial charge is 0.507 e. The molecule has 0 aliphatic heterocycles. The number of aromatic hydroxyl groups is 1. The molecule has 0 radical (unpaired) electrons. The second kappa shape index (κ2) is 3.76. The Hall–Kier alpha value is -1.77. The zero-order valence-electron chi connectivity index (χ0n) is 7.19. The van der Waals surface area contributed by atoms with Crippen molar-refractivity contribution in [1.82, 2.24) is 0 Å². The number of carboxylic acids is 1. The van der Waals surface area contributed by atoms with Crippen LogP contribution in [0.5, 0.6) is 5.75 Å². The van der Waals surface area contributed by atoms with Crippen LogP contribution in [-0.4, -0.2) is 16.2 Å².